The summed E-state index contributed by atoms with van der Waals surface area (Å²) in [5.74, 6) is 1.07. The smallest absolute Gasteiger partial charge is 0.275 e. The molecule has 1 N–H and O–H groups in total. The molecule has 0 fully saturated rings. The molecule has 0 saturated carbocycles. The van der Waals surface area contributed by atoms with Crippen LogP contribution in [0.4, 0.5) is 0 Å². The van der Waals surface area contributed by atoms with E-state index in [1.165, 1.54) is 13.3 Å². The molecule has 0 aliphatic heterocycles. The highest BCUT2D eigenvalue weighted by Crippen LogP contribution is 2.29. The van der Waals surface area contributed by atoms with Crippen molar-refractivity contribution in [1.82, 2.24) is 5.43 Å². The summed E-state index contributed by atoms with van der Waals surface area (Å²) in [6, 6.07) is 17.4. The van der Waals surface area contributed by atoms with Crippen LogP contribution >= 0.6 is 23.2 Å². The number of hydrogen-bond donors (Lipinski definition) is 1. The lowest BCUT2D eigenvalue weighted by Gasteiger charge is -2.12. The molecule has 31 heavy (non-hydrogen) atoms. The Labute approximate surface area is 190 Å². The van der Waals surface area contributed by atoms with Crippen LogP contribution in [0.5, 0.6) is 17.2 Å². The molecule has 0 aromatic heterocycles. The van der Waals surface area contributed by atoms with Crippen molar-refractivity contribution in [3.05, 3.63) is 87.4 Å². The number of amides is 1. The van der Waals surface area contributed by atoms with Crippen LogP contribution in [0, 0.1) is 0 Å². The van der Waals surface area contributed by atoms with Crippen LogP contribution in [-0.4, -0.2) is 26.3 Å². The number of para-hydroxylation sites is 2. The zero-order chi connectivity index (χ0) is 22.2. The highest BCUT2D eigenvalue weighted by atomic mass is 35.5. The third kappa shape index (κ3) is 5.69. The number of halogens is 2. The van der Waals surface area contributed by atoms with E-state index in [1.807, 2.05) is 0 Å². The van der Waals surface area contributed by atoms with E-state index in [0.29, 0.717) is 38.4 Å². The van der Waals surface area contributed by atoms with E-state index in [0.717, 1.165) is 5.56 Å². The summed E-state index contributed by atoms with van der Waals surface area (Å²) < 4.78 is 16.4. The Bertz CT molecular complexity index is 1100. The van der Waals surface area contributed by atoms with Gasteiger partial charge < -0.3 is 14.2 Å². The van der Waals surface area contributed by atoms with Gasteiger partial charge in [-0.15, -0.1) is 0 Å². The number of nitrogens with zero attached hydrogens (tertiary/aromatic N) is 1. The zero-order valence-corrected chi connectivity index (χ0v) is 18.4. The van der Waals surface area contributed by atoms with Crippen molar-refractivity contribution < 1.29 is 19.0 Å². The molecule has 3 rings (SSSR count). The summed E-state index contributed by atoms with van der Waals surface area (Å²) in [7, 11) is 3.09. The summed E-state index contributed by atoms with van der Waals surface area (Å²) in [5.41, 5.74) is 4.25. The maximum Gasteiger partial charge on any atom is 0.275 e. The van der Waals surface area contributed by atoms with Gasteiger partial charge in [0.25, 0.3) is 5.91 Å². The number of ether oxygens (including phenoxy) is 3. The van der Waals surface area contributed by atoms with Crippen molar-refractivity contribution in [2.75, 3.05) is 14.2 Å². The minimum atomic E-state index is -0.420. The predicted octanol–water partition coefficient (Wildman–Crippen LogP) is 5.35. The van der Waals surface area contributed by atoms with Crippen molar-refractivity contribution in [1.29, 1.82) is 0 Å². The summed E-state index contributed by atoms with van der Waals surface area (Å²) >= 11 is 12.1. The number of hydrogen-bond acceptors (Lipinski definition) is 5. The Balaban J connectivity index is 1.71. The van der Waals surface area contributed by atoms with Crippen LogP contribution in [0.25, 0.3) is 0 Å². The topological polar surface area (TPSA) is 69.2 Å². The molecule has 6 nitrogen and oxygen atoms in total. The standard InChI is InChI=1S/C23H20Cl2N2O4/c1-29-21-9-5-6-15(22(21)30-2)13-26-27-23(28)18-7-3-4-8-20(18)31-14-16-10-11-17(24)12-19(16)25/h3-13H,14H2,1-2H3,(H,27,28)/b26-13-. The van der Waals surface area contributed by atoms with Gasteiger partial charge in [-0.2, -0.15) is 5.10 Å². The molecule has 0 radical (unpaired) electrons. The van der Waals surface area contributed by atoms with Gasteiger partial charge in [-0.1, -0.05) is 47.5 Å². The molecule has 8 heteroatoms. The Morgan fingerprint density at radius 1 is 1.00 bits per heavy atom. The lowest BCUT2D eigenvalue weighted by molar-refractivity contribution is 0.0950. The normalized spacial score (nSPS) is 10.7. The molecule has 0 atom stereocenters. The first-order valence-electron chi connectivity index (χ1n) is 9.23. The Hall–Kier alpha value is -3.22. The van der Waals surface area contributed by atoms with E-state index >= 15 is 0 Å². The molecular weight excluding hydrogens is 439 g/mol. The van der Waals surface area contributed by atoms with E-state index in [1.54, 1.807) is 67.8 Å². The Kier molecular flexibility index (Phi) is 7.76. The van der Waals surface area contributed by atoms with Gasteiger partial charge in [0.15, 0.2) is 11.5 Å². The Morgan fingerprint density at radius 3 is 2.52 bits per heavy atom. The number of methoxy groups -OCH3 is 2. The molecule has 1 amide bonds. The van der Waals surface area contributed by atoms with Crippen LogP contribution < -0.4 is 19.6 Å². The van der Waals surface area contributed by atoms with Crippen LogP contribution in [0.2, 0.25) is 10.0 Å². The number of hydrazone groups is 1. The number of benzene rings is 3. The third-order valence-electron chi connectivity index (χ3n) is 4.33. The first kappa shape index (κ1) is 22.5. The van der Waals surface area contributed by atoms with Gasteiger partial charge in [-0.05, 0) is 36.4 Å². The summed E-state index contributed by atoms with van der Waals surface area (Å²) in [6.07, 6.45) is 1.48. The Morgan fingerprint density at radius 2 is 1.77 bits per heavy atom. The first-order chi connectivity index (χ1) is 15.0. The second-order valence-corrected chi connectivity index (χ2v) is 7.15. The van der Waals surface area contributed by atoms with Gasteiger partial charge in [0.05, 0.1) is 26.0 Å². The molecule has 0 aliphatic carbocycles. The highest BCUT2D eigenvalue weighted by Gasteiger charge is 2.13. The molecule has 0 aliphatic rings. The van der Waals surface area contributed by atoms with Gasteiger partial charge in [-0.25, -0.2) is 5.43 Å². The minimum absolute atomic E-state index is 0.185. The average molecular weight is 459 g/mol. The van der Waals surface area contributed by atoms with Crippen LogP contribution in [0.3, 0.4) is 0 Å². The lowest BCUT2D eigenvalue weighted by atomic mass is 10.2. The van der Waals surface area contributed by atoms with Crippen molar-refractivity contribution in [3.8, 4) is 17.2 Å². The van der Waals surface area contributed by atoms with Gasteiger partial charge in [-0.3, -0.25) is 4.79 Å². The first-order valence-corrected chi connectivity index (χ1v) is 9.99. The van der Waals surface area contributed by atoms with Crippen LogP contribution in [-0.2, 0) is 6.61 Å². The van der Waals surface area contributed by atoms with Crippen molar-refractivity contribution in [2.24, 2.45) is 5.10 Å². The molecule has 0 unspecified atom stereocenters. The van der Waals surface area contributed by atoms with Gasteiger partial charge in [0.2, 0.25) is 0 Å². The lowest BCUT2D eigenvalue weighted by Crippen LogP contribution is -2.18. The predicted molar refractivity (Wildman–Crippen MR) is 122 cm³/mol. The fraction of sp³-hybridized carbons (Fsp3) is 0.130. The van der Waals surface area contributed by atoms with Crippen molar-refractivity contribution in [3.63, 3.8) is 0 Å². The second kappa shape index (κ2) is 10.7. The molecule has 0 saturated heterocycles. The van der Waals surface area contributed by atoms with E-state index in [-0.39, 0.29) is 6.61 Å². The second-order valence-electron chi connectivity index (χ2n) is 6.30. The van der Waals surface area contributed by atoms with Gasteiger partial charge in [0.1, 0.15) is 12.4 Å². The molecule has 0 heterocycles. The van der Waals surface area contributed by atoms with E-state index < -0.39 is 5.91 Å². The molecule has 3 aromatic rings. The fourth-order valence-corrected chi connectivity index (χ4v) is 3.27. The van der Waals surface area contributed by atoms with Gasteiger partial charge >= 0.3 is 0 Å². The SMILES string of the molecule is COc1cccc(/C=N\NC(=O)c2ccccc2OCc2ccc(Cl)cc2Cl)c1OC. The van der Waals surface area contributed by atoms with E-state index in [2.05, 4.69) is 10.5 Å². The van der Waals surface area contributed by atoms with Crippen molar-refractivity contribution in [2.45, 2.75) is 6.61 Å². The fourth-order valence-electron chi connectivity index (χ4n) is 2.81. The number of carbonyl (C=O) groups excluding carboxylic acids is 1. The number of carbonyl (C=O) groups is 1. The highest BCUT2D eigenvalue weighted by molar-refractivity contribution is 6.35. The largest absolute Gasteiger partial charge is 0.493 e. The zero-order valence-electron chi connectivity index (χ0n) is 16.9. The maximum absolute atomic E-state index is 12.7. The summed E-state index contributed by atoms with van der Waals surface area (Å²) in [6.45, 7) is 0.185. The van der Waals surface area contributed by atoms with Crippen LogP contribution in [0.15, 0.2) is 65.8 Å². The average Bonchev–Trinajstić information content (AvgIpc) is 2.78. The number of rotatable bonds is 8. The summed E-state index contributed by atoms with van der Waals surface area (Å²) in [4.78, 5) is 12.7. The van der Waals surface area contributed by atoms with Gasteiger partial charge in [0, 0.05) is 21.2 Å². The molecule has 0 bridgehead atoms. The van der Waals surface area contributed by atoms with E-state index in [4.69, 9.17) is 37.4 Å². The summed E-state index contributed by atoms with van der Waals surface area (Å²) in [5, 5.41) is 5.07. The molecular formula is C23H20Cl2N2O4. The molecule has 160 valence electrons. The van der Waals surface area contributed by atoms with E-state index in [9.17, 15) is 4.79 Å². The van der Waals surface area contributed by atoms with Crippen molar-refractivity contribution >= 4 is 35.3 Å². The number of nitrogens with one attached hydrogen (secondary N) is 1. The quantitative estimate of drug-likeness (QED) is 0.364. The third-order valence-corrected chi connectivity index (χ3v) is 4.92. The molecule has 3 aromatic carbocycles. The minimum Gasteiger partial charge on any atom is -0.493 e. The molecule has 0 spiro atoms. The monoisotopic (exact) mass is 458 g/mol. The maximum atomic E-state index is 12.7. The van der Waals surface area contributed by atoms with Crippen LogP contribution in [0.1, 0.15) is 21.5 Å².